The van der Waals surface area contributed by atoms with Crippen LogP contribution in [-0.4, -0.2) is 22.4 Å². The van der Waals surface area contributed by atoms with Crippen LogP contribution in [0.2, 0.25) is 0 Å². The molecule has 1 heterocycles. The Kier molecular flexibility index (Phi) is 7.12. The highest BCUT2D eigenvalue weighted by Crippen LogP contribution is 2.18. The Balaban J connectivity index is 2.35. The number of hydrogen-bond donors (Lipinski definition) is 1. The summed E-state index contributed by atoms with van der Waals surface area (Å²) in [6.07, 6.45) is 7.73. The predicted molar refractivity (Wildman–Crippen MR) is 80.7 cm³/mol. The molecule has 0 saturated heterocycles. The number of carbonyl (C=O) groups is 1. The third kappa shape index (κ3) is 4.54. The molecule has 2 N–H and O–H groups in total. The van der Waals surface area contributed by atoms with Crippen LogP contribution in [0.5, 0.6) is 0 Å². The first-order valence-corrected chi connectivity index (χ1v) is 7.60. The molecule has 0 amide bonds. The molecule has 0 spiro atoms. The molecule has 114 valence electrons. The van der Waals surface area contributed by atoms with Gasteiger partial charge in [-0.3, -0.25) is 4.68 Å². The van der Waals surface area contributed by atoms with Crippen molar-refractivity contribution in [2.45, 2.75) is 58.8 Å². The van der Waals surface area contributed by atoms with Crippen molar-refractivity contribution in [1.82, 2.24) is 9.78 Å². The molecule has 0 bridgehead atoms. The second-order valence-electron chi connectivity index (χ2n) is 5.09. The zero-order chi connectivity index (χ0) is 15.0. The van der Waals surface area contributed by atoms with Crippen molar-refractivity contribution in [3.63, 3.8) is 0 Å². The van der Waals surface area contributed by atoms with Crippen molar-refractivity contribution in [1.29, 1.82) is 0 Å². The smallest absolute Gasteiger partial charge is 0.358 e. The first-order valence-electron chi connectivity index (χ1n) is 7.60. The minimum atomic E-state index is -0.370. The first-order chi connectivity index (χ1) is 9.61. The molecular formula is C15H27N3O2. The van der Waals surface area contributed by atoms with E-state index in [-0.39, 0.29) is 5.97 Å². The molecule has 0 fully saturated rings. The molecule has 0 aliphatic heterocycles. The average molecular weight is 281 g/mol. The molecule has 0 aliphatic rings. The highest BCUT2D eigenvalue weighted by atomic mass is 16.5. The van der Waals surface area contributed by atoms with Crippen LogP contribution in [0.4, 0.5) is 5.69 Å². The van der Waals surface area contributed by atoms with E-state index in [2.05, 4.69) is 12.0 Å². The van der Waals surface area contributed by atoms with Crippen LogP contribution in [0.25, 0.3) is 0 Å². The van der Waals surface area contributed by atoms with Crippen LogP contribution in [-0.2, 0) is 18.2 Å². The Morgan fingerprint density at radius 3 is 2.45 bits per heavy atom. The zero-order valence-electron chi connectivity index (χ0n) is 12.9. The third-order valence-electron chi connectivity index (χ3n) is 3.42. The first kappa shape index (κ1) is 16.5. The predicted octanol–water partition coefficient (Wildman–Crippen LogP) is 3.08. The quantitative estimate of drug-likeness (QED) is 0.558. The van der Waals surface area contributed by atoms with Crippen LogP contribution in [0.15, 0.2) is 0 Å². The molecule has 0 atom stereocenters. The maximum absolute atomic E-state index is 12.0. The molecule has 0 aromatic carbocycles. The van der Waals surface area contributed by atoms with E-state index in [1.807, 2.05) is 6.92 Å². The van der Waals surface area contributed by atoms with Gasteiger partial charge in [0.1, 0.15) is 0 Å². The van der Waals surface area contributed by atoms with Gasteiger partial charge in [0.25, 0.3) is 0 Å². The fourth-order valence-electron chi connectivity index (χ4n) is 2.21. The number of aryl methyl sites for hydroxylation is 2. The average Bonchev–Trinajstić information content (AvgIpc) is 2.72. The number of carbonyl (C=O) groups excluding carboxylic acids is 1. The van der Waals surface area contributed by atoms with Crippen LogP contribution in [0, 0.1) is 0 Å². The summed E-state index contributed by atoms with van der Waals surface area (Å²) < 4.78 is 6.79. The number of anilines is 1. The van der Waals surface area contributed by atoms with Gasteiger partial charge >= 0.3 is 5.97 Å². The number of unbranched alkanes of at least 4 members (excludes halogenated alkanes) is 5. The highest BCUT2D eigenvalue weighted by molar-refractivity contribution is 5.93. The number of nitrogens with two attached hydrogens (primary N) is 1. The summed E-state index contributed by atoms with van der Waals surface area (Å²) in [5.74, 6) is -0.370. The largest absolute Gasteiger partial charge is 0.461 e. The van der Waals surface area contributed by atoms with Crippen molar-refractivity contribution in [3.05, 3.63) is 11.4 Å². The normalized spacial score (nSPS) is 10.8. The summed E-state index contributed by atoms with van der Waals surface area (Å²) in [6.45, 7) is 4.62. The van der Waals surface area contributed by atoms with E-state index in [9.17, 15) is 4.79 Å². The summed E-state index contributed by atoms with van der Waals surface area (Å²) in [6, 6.07) is 0. The van der Waals surface area contributed by atoms with E-state index in [1.165, 1.54) is 30.4 Å². The standard InChI is InChI=1S/C15H27N3O2/c1-4-6-7-8-9-10-11-20-15(19)14-13(16)12(5-2)17-18(14)3/h4-11,16H2,1-3H3. The zero-order valence-corrected chi connectivity index (χ0v) is 12.9. The van der Waals surface area contributed by atoms with E-state index >= 15 is 0 Å². The Bertz CT molecular complexity index is 427. The van der Waals surface area contributed by atoms with Gasteiger partial charge in [-0.1, -0.05) is 46.0 Å². The summed E-state index contributed by atoms with van der Waals surface area (Å²) in [7, 11) is 1.72. The van der Waals surface area contributed by atoms with Gasteiger partial charge < -0.3 is 10.5 Å². The van der Waals surface area contributed by atoms with Crippen LogP contribution < -0.4 is 5.73 Å². The molecule has 5 heteroatoms. The maximum atomic E-state index is 12.0. The van der Waals surface area contributed by atoms with E-state index in [0.717, 1.165) is 18.5 Å². The van der Waals surface area contributed by atoms with Crippen molar-refractivity contribution < 1.29 is 9.53 Å². The number of aromatic nitrogens is 2. The van der Waals surface area contributed by atoms with E-state index < -0.39 is 0 Å². The molecule has 0 radical (unpaired) electrons. The third-order valence-corrected chi connectivity index (χ3v) is 3.42. The van der Waals surface area contributed by atoms with Gasteiger partial charge in [0.2, 0.25) is 0 Å². The lowest BCUT2D eigenvalue weighted by Crippen LogP contribution is -2.13. The lowest BCUT2D eigenvalue weighted by Gasteiger charge is -2.06. The summed E-state index contributed by atoms with van der Waals surface area (Å²) in [5, 5.41) is 4.22. The molecule has 20 heavy (non-hydrogen) atoms. The molecule has 0 saturated carbocycles. The Hall–Kier alpha value is -1.52. The van der Waals surface area contributed by atoms with Crippen molar-refractivity contribution >= 4 is 11.7 Å². The topological polar surface area (TPSA) is 70.1 Å². The minimum absolute atomic E-state index is 0.368. The molecule has 0 unspecified atom stereocenters. The van der Waals surface area contributed by atoms with E-state index in [4.69, 9.17) is 10.5 Å². The summed E-state index contributed by atoms with van der Waals surface area (Å²) >= 11 is 0. The van der Waals surface area contributed by atoms with Crippen molar-refractivity contribution in [2.24, 2.45) is 7.05 Å². The fourth-order valence-corrected chi connectivity index (χ4v) is 2.21. The van der Waals surface area contributed by atoms with E-state index in [0.29, 0.717) is 24.4 Å². The summed E-state index contributed by atoms with van der Waals surface area (Å²) in [4.78, 5) is 12.0. The number of ether oxygens (including phenoxy) is 1. The van der Waals surface area contributed by atoms with Gasteiger partial charge in [-0.2, -0.15) is 5.10 Å². The molecule has 5 nitrogen and oxygen atoms in total. The molecule has 1 aromatic heterocycles. The second kappa shape index (κ2) is 8.61. The second-order valence-corrected chi connectivity index (χ2v) is 5.09. The Morgan fingerprint density at radius 2 is 1.85 bits per heavy atom. The molecule has 1 aromatic rings. The van der Waals surface area contributed by atoms with Gasteiger partial charge in [-0.25, -0.2) is 4.79 Å². The maximum Gasteiger partial charge on any atom is 0.358 e. The number of nitrogens with zero attached hydrogens (tertiary/aromatic N) is 2. The van der Waals surface area contributed by atoms with Gasteiger partial charge in [-0.15, -0.1) is 0 Å². The van der Waals surface area contributed by atoms with Gasteiger partial charge in [0.15, 0.2) is 5.69 Å². The molecule has 1 rings (SSSR count). The lowest BCUT2D eigenvalue weighted by atomic mass is 10.1. The Labute approximate surface area is 121 Å². The van der Waals surface area contributed by atoms with Gasteiger partial charge in [0.05, 0.1) is 18.0 Å². The highest BCUT2D eigenvalue weighted by Gasteiger charge is 2.20. The monoisotopic (exact) mass is 281 g/mol. The van der Waals surface area contributed by atoms with Gasteiger partial charge in [-0.05, 0) is 12.8 Å². The van der Waals surface area contributed by atoms with Crippen LogP contribution in [0.3, 0.4) is 0 Å². The molecular weight excluding hydrogens is 254 g/mol. The Morgan fingerprint density at radius 1 is 1.20 bits per heavy atom. The fraction of sp³-hybridized carbons (Fsp3) is 0.733. The van der Waals surface area contributed by atoms with E-state index in [1.54, 1.807) is 7.05 Å². The minimum Gasteiger partial charge on any atom is -0.461 e. The van der Waals surface area contributed by atoms with Crippen LogP contribution >= 0.6 is 0 Å². The summed E-state index contributed by atoms with van der Waals surface area (Å²) in [5.41, 5.74) is 7.48. The van der Waals surface area contributed by atoms with Crippen molar-refractivity contribution in [2.75, 3.05) is 12.3 Å². The van der Waals surface area contributed by atoms with Crippen LogP contribution in [0.1, 0.15) is 68.6 Å². The lowest BCUT2D eigenvalue weighted by molar-refractivity contribution is 0.0486. The van der Waals surface area contributed by atoms with Gasteiger partial charge in [0, 0.05) is 7.05 Å². The van der Waals surface area contributed by atoms with Crippen molar-refractivity contribution in [3.8, 4) is 0 Å². The SMILES string of the molecule is CCCCCCCCOC(=O)c1c(N)c(CC)nn1C. The number of hydrogen-bond acceptors (Lipinski definition) is 4. The number of esters is 1. The number of nitrogen functional groups attached to an aromatic ring is 1. The number of rotatable bonds is 9. The molecule has 0 aliphatic carbocycles.